The summed E-state index contributed by atoms with van der Waals surface area (Å²) in [4.78, 5) is 0. The van der Waals surface area contributed by atoms with E-state index in [0.29, 0.717) is 37.0 Å². The molecule has 2 unspecified atom stereocenters. The van der Waals surface area contributed by atoms with E-state index in [1.807, 2.05) is 19.1 Å². The first-order valence-electron chi connectivity index (χ1n) is 12.7. The molecule has 0 amide bonds. The number of ether oxygens (including phenoxy) is 1. The second kappa shape index (κ2) is 11.9. The van der Waals surface area contributed by atoms with Crippen molar-refractivity contribution < 1.29 is 22.3 Å². The number of allylic oxidation sites excluding steroid dienone is 1. The maximum atomic E-state index is 15.0. The van der Waals surface area contributed by atoms with Crippen molar-refractivity contribution in [2.24, 2.45) is 5.92 Å². The van der Waals surface area contributed by atoms with Gasteiger partial charge in [-0.05, 0) is 61.6 Å². The van der Waals surface area contributed by atoms with Gasteiger partial charge in [-0.1, -0.05) is 74.0 Å². The summed E-state index contributed by atoms with van der Waals surface area (Å²) in [5.41, 5.74) is 1.16. The summed E-state index contributed by atoms with van der Waals surface area (Å²) in [5.74, 6) is -4.13. The lowest BCUT2D eigenvalue weighted by Crippen LogP contribution is -2.26. The fourth-order valence-electron chi connectivity index (χ4n) is 4.93. The molecule has 2 atom stereocenters. The molecule has 1 heterocycles. The molecule has 3 aromatic carbocycles. The van der Waals surface area contributed by atoms with Crippen LogP contribution in [0.1, 0.15) is 57.1 Å². The molecule has 190 valence electrons. The lowest BCUT2D eigenvalue weighted by Gasteiger charge is -2.29. The van der Waals surface area contributed by atoms with Crippen LogP contribution in [0, 0.1) is 29.2 Å². The molecule has 0 saturated carbocycles. The first kappa shape index (κ1) is 26.2. The Bertz CT molecular complexity index is 1210. The van der Waals surface area contributed by atoms with Crippen molar-refractivity contribution in [3.8, 4) is 22.3 Å². The van der Waals surface area contributed by atoms with Crippen LogP contribution in [-0.2, 0) is 11.2 Å². The van der Waals surface area contributed by atoms with E-state index in [0.717, 1.165) is 31.2 Å². The van der Waals surface area contributed by atoms with Gasteiger partial charge < -0.3 is 4.74 Å². The molecule has 0 radical (unpaired) electrons. The van der Waals surface area contributed by atoms with Crippen LogP contribution in [0.4, 0.5) is 17.6 Å². The number of hydrogen-bond acceptors (Lipinski definition) is 1. The van der Waals surface area contributed by atoms with Gasteiger partial charge in [0.1, 0.15) is 0 Å². The van der Waals surface area contributed by atoms with Gasteiger partial charge in [-0.25, -0.2) is 17.6 Å². The molecule has 0 bridgehead atoms. The average Bonchev–Trinajstić information content (AvgIpc) is 2.89. The van der Waals surface area contributed by atoms with Gasteiger partial charge in [0.05, 0.1) is 6.10 Å². The largest absolute Gasteiger partial charge is 0.378 e. The summed E-state index contributed by atoms with van der Waals surface area (Å²) in [5, 5.41) is 0. The highest BCUT2D eigenvalue weighted by atomic mass is 19.2. The molecule has 36 heavy (non-hydrogen) atoms. The van der Waals surface area contributed by atoms with Gasteiger partial charge in [0.15, 0.2) is 23.3 Å². The Morgan fingerprint density at radius 2 is 1.42 bits per heavy atom. The number of rotatable bonds is 8. The fourth-order valence-corrected chi connectivity index (χ4v) is 4.93. The maximum Gasteiger partial charge on any atom is 0.167 e. The monoisotopic (exact) mass is 496 g/mol. The van der Waals surface area contributed by atoms with Crippen LogP contribution in [0.3, 0.4) is 0 Å². The first-order chi connectivity index (χ1) is 17.4. The third-order valence-electron chi connectivity index (χ3n) is 7.01. The van der Waals surface area contributed by atoms with Crippen LogP contribution in [-0.4, -0.2) is 12.7 Å². The van der Waals surface area contributed by atoms with Gasteiger partial charge >= 0.3 is 0 Å². The van der Waals surface area contributed by atoms with Gasteiger partial charge in [0.2, 0.25) is 0 Å². The molecule has 1 nitrogen and oxygen atoms in total. The Labute approximate surface area is 210 Å². The molecule has 1 aliphatic rings. The van der Waals surface area contributed by atoms with Gasteiger partial charge in [0.25, 0.3) is 0 Å². The molecular formula is C31H32F4O. The number of aryl methyl sites for hydroxylation is 1. The van der Waals surface area contributed by atoms with Crippen LogP contribution in [0.5, 0.6) is 0 Å². The predicted octanol–water partition coefficient (Wildman–Crippen LogP) is 9.14. The summed E-state index contributed by atoms with van der Waals surface area (Å²) in [6, 6.07) is 12.5. The Morgan fingerprint density at radius 1 is 0.778 bits per heavy atom. The van der Waals surface area contributed by atoms with Gasteiger partial charge in [-0.15, -0.1) is 0 Å². The van der Waals surface area contributed by atoms with E-state index in [4.69, 9.17) is 4.74 Å². The van der Waals surface area contributed by atoms with Crippen LogP contribution >= 0.6 is 0 Å². The molecule has 5 heteroatoms. The highest BCUT2D eigenvalue weighted by molar-refractivity contribution is 5.73. The molecule has 0 aromatic heterocycles. The Kier molecular flexibility index (Phi) is 8.63. The number of benzene rings is 3. The smallest absolute Gasteiger partial charge is 0.167 e. The Morgan fingerprint density at radius 3 is 2.06 bits per heavy atom. The van der Waals surface area contributed by atoms with Crippen molar-refractivity contribution >= 4 is 6.08 Å². The van der Waals surface area contributed by atoms with E-state index >= 15 is 8.78 Å². The molecule has 1 fully saturated rings. The lowest BCUT2D eigenvalue weighted by atomic mass is 9.90. The second-order valence-electron chi connectivity index (χ2n) is 9.54. The molecule has 0 N–H and O–H groups in total. The van der Waals surface area contributed by atoms with Crippen molar-refractivity contribution in [3.63, 3.8) is 0 Å². The third kappa shape index (κ3) is 5.73. The third-order valence-corrected chi connectivity index (χ3v) is 7.01. The van der Waals surface area contributed by atoms with E-state index in [2.05, 4.69) is 6.92 Å². The topological polar surface area (TPSA) is 9.23 Å². The molecular weight excluding hydrogens is 464 g/mol. The zero-order chi connectivity index (χ0) is 25.7. The zero-order valence-corrected chi connectivity index (χ0v) is 20.8. The summed E-state index contributed by atoms with van der Waals surface area (Å²) >= 11 is 0. The van der Waals surface area contributed by atoms with Gasteiger partial charge in [-0.3, -0.25) is 0 Å². The van der Waals surface area contributed by atoms with E-state index in [1.165, 1.54) is 24.3 Å². The summed E-state index contributed by atoms with van der Waals surface area (Å²) < 4.78 is 65.8. The SMILES string of the molecule is CC=Cc1ccc(-c2ccc(-c3ccc(CCC4CCC(CCC)OC4)c(F)c3F)c(F)c2F)cc1. The van der Waals surface area contributed by atoms with E-state index < -0.39 is 23.3 Å². The van der Waals surface area contributed by atoms with E-state index in [9.17, 15) is 8.78 Å². The van der Waals surface area contributed by atoms with Crippen LogP contribution in [0.25, 0.3) is 28.3 Å². The van der Waals surface area contributed by atoms with Crippen LogP contribution in [0.15, 0.2) is 54.6 Å². The minimum Gasteiger partial charge on any atom is -0.378 e. The molecule has 3 aromatic rings. The van der Waals surface area contributed by atoms with Crippen molar-refractivity contribution in [1.29, 1.82) is 0 Å². The minimum atomic E-state index is -1.20. The van der Waals surface area contributed by atoms with Crippen molar-refractivity contribution in [2.45, 2.75) is 58.5 Å². The second-order valence-corrected chi connectivity index (χ2v) is 9.54. The Hall–Kier alpha value is -2.92. The lowest BCUT2D eigenvalue weighted by molar-refractivity contribution is -0.0218. The van der Waals surface area contributed by atoms with Crippen molar-refractivity contribution in [1.82, 2.24) is 0 Å². The van der Waals surface area contributed by atoms with E-state index in [-0.39, 0.29) is 22.3 Å². The predicted molar refractivity (Wildman–Crippen MR) is 138 cm³/mol. The van der Waals surface area contributed by atoms with Gasteiger partial charge in [-0.2, -0.15) is 0 Å². The Balaban J connectivity index is 1.50. The van der Waals surface area contributed by atoms with E-state index in [1.54, 1.807) is 24.3 Å². The van der Waals surface area contributed by atoms with Gasteiger partial charge in [0, 0.05) is 23.3 Å². The molecule has 1 aliphatic heterocycles. The highest BCUT2D eigenvalue weighted by Crippen LogP contribution is 2.35. The highest BCUT2D eigenvalue weighted by Gasteiger charge is 2.24. The fraction of sp³-hybridized carbons (Fsp3) is 0.355. The number of hydrogen-bond donors (Lipinski definition) is 0. The molecule has 1 saturated heterocycles. The molecule has 0 spiro atoms. The van der Waals surface area contributed by atoms with Crippen molar-refractivity contribution in [2.75, 3.05) is 6.61 Å². The van der Waals surface area contributed by atoms with Crippen LogP contribution < -0.4 is 0 Å². The average molecular weight is 497 g/mol. The summed E-state index contributed by atoms with van der Waals surface area (Å²) in [7, 11) is 0. The number of halogens is 4. The standard InChI is InChI=1S/C31H32F4O/c1-3-5-20-7-11-22(12-8-20)25-17-18-27(31(35)29(25)33)26-16-14-23(28(32)30(26)34)13-9-21-10-15-24(6-4-2)36-19-21/h3,5,7-8,11-12,14,16-18,21,24H,4,6,9-10,13,15,19H2,1-2H3. The molecule has 4 rings (SSSR count). The normalized spacial score (nSPS) is 18.2. The first-order valence-corrected chi connectivity index (χ1v) is 12.7. The van der Waals surface area contributed by atoms with Crippen LogP contribution in [0.2, 0.25) is 0 Å². The minimum absolute atomic E-state index is 0.0663. The van der Waals surface area contributed by atoms with Crippen molar-refractivity contribution in [3.05, 3.63) is 89.0 Å². The zero-order valence-electron chi connectivity index (χ0n) is 20.8. The maximum absolute atomic E-state index is 15.0. The summed E-state index contributed by atoms with van der Waals surface area (Å²) in [6.45, 7) is 4.67. The summed E-state index contributed by atoms with van der Waals surface area (Å²) in [6.07, 6.45) is 9.30. The quantitative estimate of drug-likeness (QED) is 0.283. The molecule has 0 aliphatic carbocycles.